The molecular formula is C26H30Cl2N2O2. The molecule has 4 nitrogen and oxygen atoms in total. The monoisotopic (exact) mass is 472 g/mol. The molecule has 0 spiro atoms. The zero-order chi connectivity index (χ0) is 23.3. The summed E-state index contributed by atoms with van der Waals surface area (Å²) >= 11 is 12.5. The molecule has 2 N–H and O–H groups in total. The maximum Gasteiger partial charge on any atom is 0.226 e. The zero-order valence-electron chi connectivity index (χ0n) is 18.3. The van der Waals surface area contributed by atoms with E-state index in [2.05, 4.69) is 12.6 Å². The first-order chi connectivity index (χ1) is 15.3. The molecule has 170 valence electrons. The van der Waals surface area contributed by atoms with Crippen molar-refractivity contribution in [3.8, 4) is 0 Å². The summed E-state index contributed by atoms with van der Waals surface area (Å²) in [5.41, 5.74) is 7.55. The van der Waals surface area contributed by atoms with E-state index in [0.29, 0.717) is 29.3 Å². The summed E-state index contributed by atoms with van der Waals surface area (Å²) in [6.07, 6.45) is 4.61. The molecule has 2 amide bonds. The molecule has 32 heavy (non-hydrogen) atoms. The average molecular weight is 473 g/mol. The Hall–Kier alpha value is -2.30. The Morgan fingerprint density at radius 1 is 1.19 bits per heavy atom. The van der Waals surface area contributed by atoms with E-state index in [9.17, 15) is 9.59 Å². The molecule has 6 heteroatoms. The van der Waals surface area contributed by atoms with Gasteiger partial charge in [-0.15, -0.1) is 6.58 Å². The number of piperidine rings is 1. The predicted molar refractivity (Wildman–Crippen MR) is 131 cm³/mol. The molecule has 4 unspecified atom stereocenters. The second-order valence-electron chi connectivity index (χ2n) is 8.43. The summed E-state index contributed by atoms with van der Waals surface area (Å²) in [7, 11) is 0. The van der Waals surface area contributed by atoms with E-state index in [4.69, 9.17) is 28.9 Å². The third-order valence-electron chi connectivity index (χ3n) is 6.35. The maximum absolute atomic E-state index is 13.8. The number of halogens is 2. The van der Waals surface area contributed by atoms with E-state index in [-0.39, 0.29) is 42.2 Å². The number of nitrogens with zero attached hydrogens (tertiary/aromatic N) is 1. The highest BCUT2D eigenvalue weighted by Crippen LogP contribution is 2.48. The van der Waals surface area contributed by atoms with Gasteiger partial charge in [0.1, 0.15) is 0 Å². The molecule has 2 aromatic carbocycles. The molecule has 1 fully saturated rings. The van der Waals surface area contributed by atoms with Gasteiger partial charge in [-0.3, -0.25) is 9.59 Å². The van der Waals surface area contributed by atoms with Gasteiger partial charge < -0.3 is 10.6 Å². The Morgan fingerprint density at radius 3 is 2.50 bits per heavy atom. The zero-order valence-corrected chi connectivity index (χ0v) is 19.9. The van der Waals surface area contributed by atoms with Crippen LogP contribution in [0.2, 0.25) is 10.0 Å². The normalized spacial score (nSPS) is 21.9. The molecule has 2 aromatic rings. The number of primary amides is 1. The van der Waals surface area contributed by atoms with Gasteiger partial charge in [-0.1, -0.05) is 60.5 Å². The van der Waals surface area contributed by atoms with Gasteiger partial charge in [0, 0.05) is 34.3 Å². The van der Waals surface area contributed by atoms with Crippen LogP contribution in [-0.2, 0) is 9.59 Å². The number of hydrogen-bond donors (Lipinski definition) is 1. The largest absolute Gasteiger partial charge is 0.370 e. The Morgan fingerprint density at radius 2 is 1.91 bits per heavy atom. The van der Waals surface area contributed by atoms with Gasteiger partial charge in [0.2, 0.25) is 11.8 Å². The first-order valence-corrected chi connectivity index (χ1v) is 11.8. The van der Waals surface area contributed by atoms with Crippen LogP contribution in [0.5, 0.6) is 0 Å². The lowest BCUT2D eigenvalue weighted by atomic mass is 9.74. The summed E-state index contributed by atoms with van der Waals surface area (Å²) in [6, 6.07) is 15.2. The summed E-state index contributed by atoms with van der Waals surface area (Å²) in [4.78, 5) is 27.3. The Bertz CT molecular complexity index is 961. The highest BCUT2D eigenvalue weighted by atomic mass is 35.5. The summed E-state index contributed by atoms with van der Waals surface area (Å²) in [6.45, 7) is 5.91. The highest BCUT2D eigenvalue weighted by Gasteiger charge is 2.44. The third-order valence-corrected chi connectivity index (χ3v) is 6.84. The Labute approximate surface area is 200 Å². The Balaban J connectivity index is 2.14. The van der Waals surface area contributed by atoms with E-state index >= 15 is 0 Å². The lowest BCUT2D eigenvalue weighted by molar-refractivity contribution is -0.147. The number of allylic oxidation sites excluding steroid dienone is 1. The summed E-state index contributed by atoms with van der Waals surface area (Å²) < 4.78 is 0. The van der Waals surface area contributed by atoms with Gasteiger partial charge in [0.15, 0.2) is 0 Å². The topological polar surface area (TPSA) is 63.4 Å². The molecule has 1 heterocycles. The van der Waals surface area contributed by atoms with Crippen molar-refractivity contribution in [1.29, 1.82) is 0 Å². The van der Waals surface area contributed by atoms with E-state index < -0.39 is 0 Å². The average Bonchev–Trinajstić information content (AvgIpc) is 2.77. The van der Waals surface area contributed by atoms with Crippen molar-refractivity contribution < 1.29 is 9.59 Å². The van der Waals surface area contributed by atoms with E-state index in [1.807, 2.05) is 60.4 Å². The molecule has 3 rings (SSSR count). The van der Waals surface area contributed by atoms with Crippen LogP contribution >= 0.6 is 23.2 Å². The molecule has 4 atom stereocenters. The number of benzene rings is 2. The summed E-state index contributed by atoms with van der Waals surface area (Å²) in [5, 5.41) is 1.31. The SMILES string of the molecule is C=CCC1CC(c2cccc(Cl)c2)C(c2ccc(Cl)cc2)N(C(CC)CCC(N)=O)C1=O. The fourth-order valence-electron chi connectivity index (χ4n) is 4.84. The van der Waals surface area contributed by atoms with Crippen LogP contribution in [0.4, 0.5) is 0 Å². The molecule has 0 saturated carbocycles. The van der Waals surface area contributed by atoms with Gasteiger partial charge >= 0.3 is 0 Å². The second-order valence-corrected chi connectivity index (χ2v) is 9.30. The van der Waals surface area contributed by atoms with E-state index in [0.717, 1.165) is 17.5 Å². The smallest absolute Gasteiger partial charge is 0.226 e. The van der Waals surface area contributed by atoms with Crippen LogP contribution in [0.1, 0.15) is 62.1 Å². The molecule has 1 saturated heterocycles. The molecule has 0 radical (unpaired) electrons. The number of hydrogen-bond acceptors (Lipinski definition) is 2. The standard InChI is InChI=1S/C26H30Cl2N2O2/c1-3-6-19-16-23(18-7-5-8-21(28)15-18)25(17-9-11-20(27)12-10-17)30(26(19)32)22(4-2)13-14-24(29)31/h3,5,7-12,15,19,22-23,25H,1,4,6,13-14,16H2,2H3,(H2,29,31). The van der Waals surface area contributed by atoms with Crippen LogP contribution in [0.3, 0.4) is 0 Å². The van der Waals surface area contributed by atoms with E-state index in [1.54, 1.807) is 0 Å². The predicted octanol–water partition coefficient (Wildman–Crippen LogP) is 6.29. The minimum absolute atomic E-state index is 0.0418. The second kappa shape index (κ2) is 11.0. The highest BCUT2D eigenvalue weighted by molar-refractivity contribution is 6.30. The molecule has 1 aliphatic rings. The van der Waals surface area contributed by atoms with Gasteiger partial charge in [0.05, 0.1) is 6.04 Å². The first-order valence-electron chi connectivity index (χ1n) is 11.1. The van der Waals surface area contributed by atoms with Crippen molar-refractivity contribution in [2.45, 2.75) is 57.0 Å². The number of rotatable bonds is 9. The van der Waals surface area contributed by atoms with Gasteiger partial charge in [-0.2, -0.15) is 0 Å². The van der Waals surface area contributed by atoms with Gasteiger partial charge in [-0.25, -0.2) is 0 Å². The minimum Gasteiger partial charge on any atom is -0.370 e. The fraction of sp³-hybridized carbons (Fsp3) is 0.385. The van der Waals surface area contributed by atoms with E-state index in [1.165, 1.54) is 0 Å². The lowest BCUT2D eigenvalue weighted by Crippen LogP contribution is -2.51. The van der Waals surface area contributed by atoms with Crippen LogP contribution in [0.15, 0.2) is 61.2 Å². The van der Waals surface area contributed by atoms with Crippen molar-refractivity contribution in [2.75, 3.05) is 0 Å². The fourth-order valence-corrected chi connectivity index (χ4v) is 5.17. The summed E-state index contributed by atoms with van der Waals surface area (Å²) in [5.74, 6) is -0.396. The van der Waals surface area contributed by atoms with Crippen molar-refractivity contribution in [1.82, 2.24) is 4.90 Å². The number of likely N-dealkylation sites (tertiary alicyclic amines) is 1. The van der Waals surface area contributed by atoms with Crippen LogP contribution in [0, 0.1) is 5.92 Å². The molecule has 0 aliphatic carbocycles. The minimum atomic E-state index is -0.356. The van der Waals surface area contributed by atoms with Crippen molar-refractivity contribution >= 4 is 35.0 Å². The van der Waals surface area contributed by atoms with Crippen molar-refractivity contribution in [3.63, 3.8) is 0 Å². The molecular weight excluding hydrogens is 443 g/mol. The number of carbonyl (C=O) groups excluding carboxylic acids is 2. The van der Waals surface area contributed by atoms with Crippen LogP contribution in [-0.4, -0.2) is 22.8 Å². The number of nitrogens with two attached hydrogens (primary N) is 1. The maximum atomic E-state index is 13.8. The van der Waals surface area contributed by atoms with Gasteiger partial charge in [0.25, 0.3) is 0 Å². The molecule has 0 aromatic heterocycles. The first kappa shape index (κ1) is 24.3. The quantitative estimate of drug-likeness (QED) is 0.435. The van der Waals surface area contributed by atoms with Crippen molar-refractivity contribution in [3.05, 3.63) is 82.4 Å². The lowest BCUT2D eigenvalue weighted by Gasteiger charge is -2.48. The number of carbonyl (C=O) groups is 2. The molecule has 1 aliphatic heterocycles. The van der Waals surface area contributed by atoms with Crippen LogP contribution in [0.25, 0.3) is 0 Å². The number of amides is 2. The molecule has 0 bridgehead atoms. The van der Waals surface area contributed by atoms with Crippen molar-refractivity contribution in [2.24, 2.45) is 11.7 Å². The third kappa shape index (κ3) is 5.54. The Kier molecular flexibility index (Phi) is 8.38. The van der Waals surface area contributed by atoms with Gasteiger partial charge in [-0.05, 0) is 61.1 Å². The van der Waals surface area contributed by atoms with Crippen LogP contribution < -0.4 is 5.73 Å².